The maximum absolute atomic E-state index is 13.0. The van der Waals surface area contributed by atoms with Gasteiger partial charge in [0.15, 0.2) is 28.1 Å². The molecule has 0 unspecified atom stereocenters. The molecule has 0 aliphatic carbocycles. The van der Waals surface area contributed by atoms with Gasteiger partial charge in [-0.1, -0.05) is 12.1 Å². The van der Waals surface area contributed by atoms with Crippen molar-refractivity contribution < 1.29 is 32.1 Å². The number of alkyl halides is 3. The summed E-state index contributed by atoms with van der Waals surface area (Å²) in [5.41, 5.74) is 1.76. The van der Waals surface area contributed by atoms with E-state index in [4.69, 9.17) is 31.2 Å². The highest BCUT2D eigenvalue weighted by atomic mass is 32.1. The Morgan fingerprint density at radius 1 is 0.919 bits per heavy atom. The Morgan fingerprint density at radius 3 is 2.16 bits per heavy atom. The molecule has 0 spiro atoms. The SMILES string of the molecule is COc1cc2c(cc1OC)[C@H](COc1ccccc1OC)N(C(=S)Nc1ccc(C(F)(F)F)cc1)CC2. The number of anilines is 1. The predicted molar refractivity (Wildman–Crippen MR) is 139 cm³/mol. The molecule has 1 atom stereocenters. The Bertz CT molecular complexity index is 1250. The third kappa shape index (κ3) is 5.85. The Kier molecular flexibility index (Phi) is 7.97. The van der Waals surface area contributed by atoms with Crippen LogP contribution in [0.1, 0.15) is 22.7 Å². The van der Waals surface area contributed by atoms with Crippen molar-refractivity contribution in [3.63, 3.8) is 0 Å². The molecule has 0 radical (unpaired) electrons. The Morgan fingerprint density at radius 2 is 1.54 bits per heavy atom. The van der Waals surface area contributed by atoms with Crippen LogP contribution in [-0.2, 0) is 12.6 Å². The molecule has 3 aromatic carbocycles. The van der Waals surface area contributed by atoms with E-state index in [-0.39, 0.29) is 12.6 Å². The molecule has 1 N–H and O–H groups in total. The lowest BCUT2D eigenvalue weighted by atomic mass is 9.92. The van der Waals surface area contributed by atoms with Crippen LogP contribution >= 0.6 is 12.2 Å². The monoisotopic (exact) mass is 532 g/mol. The minimum absolute atomic E-state index is 0.234. The van der Waals surface area contributed by atoms with Gasteiger partial charge in [0.1, 0.15) is 6.61 Å². The zero-order chi connectivity index (χ0) is 26.6. The van der Waals surface area contributed by atoms with Crippen LogP contribution in [0.15, 0.2) is 60.7 Å². The van der Waals surface area contributed by atoms with Gasteiger partial charge in [0.2, 0.25) is 0 Å². The van der Waals surface area contributed by atoms with Gasteiger partial charge in [-0.25, -0.2) is 0 Å². The van der Waals surface area contributed by atoms with E-state index in [1.54, 1.807) is 21.3 Å². The minimum Gasteiger partial charge on any atom is -0.493 e. The molecule has 196 valence electrons. The third-order valence-corrected chi connectivity index (χ3v) is 6.53. The van der Waals surface area contributed by atoms with Crippen LogP contribution in [0.3, 0.4) is 0 Å². The first-order valence-electron chi connectivity index (χ1n) is 11.5. The van der Waals surface area contributed by atoms with E-state index in [9.17, 15) is 13.2 Å². The van der Waals surface area contributed by atoms with Crippen molar-refractivity contribution in [3.8, 4) is 23.0 Å². The van der Waals surface area contributed by atoms with Gasteiger partial charge in [-0.05, 0) is 78.3 Å². The minimum atomic E-state index is -4.41. The summed E-state index contributed by atoms with van der Waals surface area (Å²) >= 11 is 5.71. The number of rotatable bonds is 7. The number of nitrogens with one attached hydrogen (secondary N) is 1. The molecule has 0 fully saturated rings. The normalized spacial score (nSPS) is 15.0. The van der Waals surface area contributed by atoms with Crippen molar-refractivity contribution >= 4 is 23.0 Å². The van der Waals surface area contributed by atoms with E-state index in [0.29, 0.717) is 46.8 Å². The highest BCUT2D eigenvalue weighted by Crippen LogP contribution is 2.39. The molecule has 1 heterocycles. The standard InChI is InChI=1S/C27H27F3N2O4S/c1-33-22-6-4-5-7-23(22)36-16-21-20-15-25(35-3)24(34-2)14-17(20)12-13-32(21)26(37)31-19-10-8-18(9-11-19)27(28,29)30/h4-11,14-15,21H,12-13,16H2,1-3H3,(H,31,37)/t21-/m0/s1. The Hall–Kier alpha value is -3.66. The number of para-hydroxylation sites is 2. The van der Waals surface area contributed by atoms with Crippen LogP contribution < -0.4 is 24.3 Å². The summed E-state index contributed by atoms with van der Waals surface area (Å²) in [6.45, 7) is 0.798. The van der Waals surface area contributed by atoms with Crippen LogP contribution in [0.4, 0.5) is 18.9 Å². The van der Waals surface area contributed by atoms with Crippen molar-refractivity contribution in [1.82, 2.24) is 4.90 Å². The van der Waals surface area contributed by atoms with Crippen LogP contribution in [-0.4, -0.2) is 44.5 Å². The molecule has 0 saturated heterocycles. The second-order valence-electron chi connectivity index (χ2n) is 8.33. The third-order valence-electron chi connectivity index (χ3n) is 6.19. The lowest BCUT2D eigenvalue weighted by molar-refractivity contribution is -0.137. The number of halogens is 3. The highest BCUT2D eigenvalue weighted by molar-refractivity contribution is 7.80. The summed E-state index contributed by atoms with van der Waals surface area (Å²) in [5.74, 6) is 2.39. The summed E-state index contributed by atoms with van der Waals surface area (Å²) in [6.07, 6.45) is -3.73. The predicted octanol–water partition coefficient (Wildman–Crippen LogP) is 6.11. The molecular weight excluding hydrogens is 505 g/mol. The number of ether oxygens (including phenoxy) is 4. The van der Waals surface area contributed by atoms with Crippen molar-refractivity contribution in [2.75, 3.05) is 39.8 Å². The van der Waals surface area contributed by atoms with E-state index in [2.05, 4.69) is 5.32 Å². The average Bonchev–Trinajstić information content (AvgIpc) is 2.90. The van der Waals surface area contributed by atoms with Gasteiger partial charge in [-0.3, -0.25) is 0 Å². The number of thiocarbonyl (C=S) groups is 1. The molecule has 1 aliphatic heterocycles. The van der Waals surface area contributed by atoms with Gasteiger partial charge < -0.3 is 29.2 Å². The zero-order valence-electron chi connectivity index (χ0n) is 20.6. The molecule has 6 nitrogen and oxygen atoms in total. The van der Waals surface area contributed by atoms with E-state index in [1.165, 1.54) is 12.1 Å². The molecule has 0 bridgehead atoms. The molecule has 0 amide bonds. The summed E-state index contributed by atoms with van der Waals surface area (Å²) in [6, 6.07) is 15.7. The topological polar surface area (TPSA) is 52.2 Å². The number of fused-ring (bicyclic) bond motifs is 1. The maximum Gasteiger partial charge on any atom is 0.416 e. The molecular formula is C27H27F3N2O4S. The van der Waals surface area contributed by atoms with E-state index < -0.39 is 11.7 Å². The zero-order valence-corrected chi connectivity index (χ0v) is 21.4. The lowest BCUT2D eigenvalue weighted by Gasteiger charge is -2.39. The fraction of sp³-hybridized carbons (Fsp3) is 0.296. The quantitative estimate of drug-likeness (QED) is 0.369. The van der Waals surface area contributed by atoms with Gasteiger partial charge >= 0.3 is 6.18 Å². The maximum atomic E-state index is 13.0. The first-order chi connectivity index (χ1) is 17.7. The van der Waals surface area contributed by atoms with Crippen molar-refractivity contribution in [2.45, 2.75) is 18.6 Å². The van der Waals surface area contributed by atoms with E-state index >= 15 is 0 Å². The van der Waals surface area contributed by atoms with Crippen LogP contribution in [0.2, 0.25) is 0 Å². The smallest absolute Gasteiger partial charge is 0.416 e. The molecule has 1 aliphatic rings. The number of nitrogens with zero attached hydrogens (tertiary/aromatic N) is 1. The second-order valence-corrected chi connectivity index (χ2v) is 8.72. The Balaban J connectivity index is 1.63. The first-order valence-corrected chi connectivity index (χ1v) is 11.9. The second kappa shape index (κ2) is 11.2. The van der Waals surface area contributed by atoms with Gasteiger partial charge in [0, 0.05) is 12.2 Å². The van der Waals surface area contributed by atoms with Crippen LogP contribution in [0, 0.1) is 0 Å². The highest BCUT2D eigenvalue weighted by Gasteiger charge is 2.32. The Labute approximate surface area is 218 Å². The number of benzene rings is 3. The van der Waals surface area contributed by atoms with E-state index in [0.717, 1.165) is 23.3 Å². The summed E-state index contributed by atoms with van der Waals surface area (Å²) in [7, 11) is 4.73. The molecule has 3 aromatic rings. The fourth-order valence-corrected chi connectivity index (χ4v) is 4.63. The molecule has 0 saturated carbocycles. The lowest BCUT2D eigenvalue weighted by Crippen LogP contribution is -2.44. The van der Waals surface area contributed by atoms with Gasteiger partial charge in [0.25, 0.3) is 0 Å². The molecule has 0 aromatic heterocycles. The summed E-state index contributed by atoms with van der Waals surface area (Å²) in [4.78, 5) is 1.97. The van der Waals surface area contributed by atoms with Gasteiger partial charge in [-0.15, -0.1) is 0 Å². The van der Waals surface area contributed by atoms with Gasteiger partial charge in [0.05, 0.1) is 32.9 Å². The number of hydrogen-bond donors (Lipinski definition) is 1. The summed E-state index contributed by atoms with van der Waals surface area (Å²) in [5, 5.41) is 3.45. The number of methoxy groups -OCH3 is 3. The first kappa shape index (κ1) is 26.4. The molecule has 4 rings (SSSR count). The van der Waals surface area contributed by atoms with Crippen molar-refractivity contribution in [1.29, 1.82) is 0 Å². The van der Waals surface area contributed by atoms with Crippen molar-refractivity contribution in [2.24, 2.45) is 0 Å². The largest absolute Gasteiger partial charge is 0.493 e. The van der Waals surface area contributed by atoms with E-state index in [1.807, 2.05) is 41.3 Å². The number of hydrogen-bond acceptors (Lipinski definition) is 5. The van der Waals surface area contributed by atoms with Gasteiger partial charge in [-0.2, -0.15) is 13.2 Å². The average molecular weight is 533 g/mol. The fourth-order valence-electron chi connectivity index (χ4n) is 4.30. The van der Waals surface area contributed by atoms with Crippen molar-refractivity contribution in [3.05, 3.63) is 77.4 Å². The van der Waals surface area contributed by atoms with Crippen LogP contribution in [0.5, 0.6) is 23.0 Å². The van der Waals surface area contributed by atoms with Crippen LogP contribution in [0.25, 0.3) is 0 Å². The summed E-state index contributed by atoms with van der Waals surface area (Å²) < 4.78 is 61.5. The molecule has 10 heteroatoms. The molecule has 37 heavy (non-hydrogen) atoms.